The number of aromatic amines is 1. The van der Waals surface area contributed by atoms with Crippen LogP contribution in [0.1, 0.15) is 74.1 Å². The van der Waals surface area contributed by atoms with Crippen molar-refractivity contribution in [3.8, 4) is 22.4 Å². The smallest absolute Gasteiger partial charge is 0.408 e. The maximum atomic E-state index is 13.3. The molecule has 4 rings (SSSR count). The summed E-state index contributed by atoms with van der Waals surface area (Å²) < 4.78 is 16.0. The molecular weight excluding hydrogens is 706 g/mol. The van der Waals surface area contributed by atoms with Crippen LogP contribution in [0.25, 0.3) is 22.4 Å². The molecule has 1 aliphatic heterocycles. The summed E-state index contributed by atoms with van der Waals surface area (Å²) >= 11 is 0. The Bertz CT molecular complexity index is 1780. The van der Waals surface area contributed by atoms with Gasteiger partial charge in [-0.25, -0.2) is 14.6 Å². The number of rotatable bonds is 13. The van der Waals surface area contributed by atoms with Gasteiger partial charge in [-0.3, -0.25) is 14.4 Å². The standard InChI is InChI=1S/C40H55N7O8/c1-25(43-37(51)54-39(3,4)5)34(48)41-20-10-9-11-33-42-23-31(46-33)29-14-12-27(13-15-29)28-16-18-30(19-17-28)45-35(49)32-24-53-22-21-47(32)36(50)26(2)44-38(52)55-40(6,7)8/h12-19,23,25-26,32H,9-11,20-22,24H2,1-8H3,(H,41,48)(H,42,46)(H,43,51)(H,44,52)(H,45,49)/t25?,26-,32?/m1/s1. The normalized spacial score (nSPS) is 15.6. The Labute approximate surface area is 322 Å². The summed E-state index contributed by atoms with van der Waals surface area (Å²) in [6, 6.07) is 13.0. The molecule has 0 radical (unpaired) electrons. The van der Waals surface area contributed by atoms with Gasteiger partial charge in [0.25, 0.3) is 0 Å². The van der Waals surface area contributed by atoms with Gasteiger partial charge in [0.15, 0.2) is 0 Å². The molecule has 2 aromatic carbocycles. The van der Waals surface area contributed by atoms with Gasteiger partial charge in [-0.15, -0.1) is 0 Å². The van der Waals surface area contributed by atoms with Crippen LogP contribution in [0.5, 0.6) is 0 Å². The lowest BCUT2D eigenvalue weighted by atomic mass is 10.0. The zero-order valence-electron chi connectivity index (χ0n) is 33.0. The van der Waals surface area contributed by atoms with Crippen molar-refractivity contribution in [3.63, 3.8) is 0 Å². The van der Waals surface area contributed by atoms with Crippen LogP contribution < -0.4 is 21.3 Å². The van der Waals surface area contributed by atoms with Crippen LogP contribution in [-0.2, 0) is 35.0 Å². The second-order valence-electron chi connectivity index (χ2n) is 15.5. The summed E-state index contributed by atoms with van der Waals surface area (Å²) in [6.07, 6.45) is 2.75. The molecule has 5 N–H and O–H groups in total. The molecule has 2 unspecified atom stereocenters. The Morgan fingerprint density at radius 1 is 0.836 bits per heavy atom. The molecule has 0 saturated carbocycles. The van der Waals surface area contributed by atoms with Crippen molar-refractivity contribution in [1.82, 2.24) is 30.8 Å². The van der Waals surface area contributed by atoms with E-state index in [1.807, 2.05) is 36.4 Å². The zero-order valence-corrected chi connectivity index (χ0v) is 33.0. The lowest BCUT2D eigenvalue weighted by molar-refractivity contribution is -0.147. The Kier molecular flexibility index (Phi) is 14.4. The van der Waals surface area contributed by atoms with E-state index in [0.29, 0.717) is 12.2 Å². The number of hydrogen-bond acceptors (Lipinski definition) is 9. The van der Waals surface area contributed by atoms with Crippen molar-refractivity contribution in [2.24, 2.45) is 0 Å². The van der Waals surface area contributed by atoms with E-state index in [2.05, 4.69) is 31.2 Å². The minimum Gasteiger partial charge on any atom is -0.444 e. The highest BCUT2D eigenvalue weighted by molar-refractivity contribution is 5.98. The zero-order chi connectivity index (χ0) is 40.3. The van der Waals surface area contributed by atoms with E-state index in [1.54, 1.807) is 73.7 Å². The first-order valence-corrected chi connectivity index (χ1v) is 18.6. The number of hydrogen-bond donors (Lipinski definition) is 5. The number of aryl methyl sites for hydroxylation is 1. The maximum Gasteiger partial charge on any atom is 0.408 e. The first-order chi connectivity index (χ1) is 25.9. The lowest BCUT2D eigenvalue weighted by Gasteiger charge is -2.36. The number of anilines is 1. The van der Waals surface area contributed by atoms with E-state index in [1.165, 1.54) is 4.90 Å². The number of carbonyl (C=O) groups excluding carboxylic acids is 5. The highest BCUT2D eigenvalue weighted by Gasteiger charge is 2.36. The van der Waals surface area contributed by atoms with Crippen LogP contribution in [0.2, 0.25) is 0 Å². The summed E-state index contributed by atoms with van der Waals surface area (Å²) in [5.74, 6) is -0.214. The molecule has 55 heavy (non-hydrogen) atoms. The molecule has 3 aromatic rings. The van der Waals surface area contributed by atoms with Crippen molar-refractivity contribution in [3.05, 3.63) is 60.6 Å². The molecule has 3 atom stereocenters. The fraction of sp³-hybridized carbons (Fsp3) is 0.500. The van der Waals surface area contributed by atoms with Gasteiger partial charge in [-0.05, 0) is 97.1 Å². The predicted octanol–water partition coefficient (Wildman–Crippen LogP) is 5.17. The third kappa shape index (κ3) is 13.4. The Balaban J connectivity index is 1.23. The molecule has 298 valence electrons. The Morgan fingerprint density at radius 2 is 1.40 bits per heavy atom. The van der Waals surface area contributed by atoms with Gasteiger partial charge in [0.1, 0.15) is 35.2 Å². The van der Waals surface area contributed by atoms with Crippen LogP contribution in [0.15, 0.2) is 54.7 Å². The third-order valence-corrected chi connectivity index (χ3v) is 8.39. The first kappa shape index (κ1) is 42.3. The molecule has 1 aliphatic rings. The molecule has 0 bridgehead atoms. The average molecular weight is 762 g/mol. The van der Waals surface area contributed by atoms with Crippen LogP contribution in [0.3, 0.4) is 0 Å². The highest BCUT2D eigenvalue weighted by Crippen LogP contribution is 2.26. The number of aromatic nitrogens is 2. The van der Waals surface area contributed by atoms with Gasteiger partial charge >= 0.3 is 12.2 Å². The monoisotopic (exact) mass is 761 g/mol. The summed E-state index contributed by atoms with van der Waals surface area (Å²) in [6.45, 7) is 14.7. The number of ether oxygens (including phenoxy) is 3. The molecule has 2 heterocycles. The number of unbranched alkanes of at least 4 members (excludes halogenated alkanes) is 1. The lowest BCUT2D eigenvalue weighted by Crippen LogP contribution is -2.58. The molecule has 1 fully saturated rings. The third-order valence-electron chi connectivity index (χ3n) is 8.39. The Morgan fingerprint density at radius 3 is 2.00 bits per heavy atom. The second kappa shape index (κ2) is 18.7. The van der Waals surface area contributed by atoms with E-state index < -0.39 is 47.4 Å². The second-order valence-corrected chi connectivity index (χ2v) is 15.5. The first-order valence-electron chi connectivity index (χ1n) is 18.6. The van der Waals surface area contributed by atoms with Crippen LogP contribution >= 0.6 is 0 Å². The van der Waals surface area contributed by atoms with E-state index in [0.717, 1.165) is 47.5 Å². The molecule has 1 saturated heterocycles. The molecule has 1 aromatic heterocycles. The number of imidazole rings is 1. The topological polar surface area (TPSA) is 193 Å². The molecular formula is C40H55N7O8. The predicted molar refractivity (Wildman–Crippen MR) is 208 cm³/mol. The number of nitrogens with zero attached hydrogens (tertiary/aromatic N) is 2. The van der Waals surface area contributed by atoms with Crippen LogP contribution in [0.4, 0.5) is 15.3 Å². The van der Waals surface area contributed by atoms with Crippen molar-refractivity contribution >= 4 is 35.6 Å². The summed E-state index contributed by atoms with van der Waals surface area (Å²) in [7, 11) is 0. The van der Waals surface area contributed by atoms with E-state index in [-0.39, 0.29) is 31.6 Å². The number of H-pyrrole nitrogens is 1. The fourth-order valence-electron chi connectivity index (χ4n) is 5.66. The van der Waals surface area contributed by atoms with Crippen LogP contribution in [0, 0.1) is 0 Å². The molecule has 15 heteroatoms. The average Bonchev–Trinajstić information content (AvgIpc) is 3.58. The fourth-order valence-corrected chi connectivity index (χ4v) is 5.66. The van der Waals surface area contributed by atoms with Crippen molar-refractivity contribution < 1.29 is 38.2 Å². The number of benzene rings is 2. The molecule has 5 amide bonds. The molecule has 0 spiro atoms. The van der Waals surface area contributed by atoms with E-state index in [4.69, 9.17) is 14.2 Å². The van der Waals surface area contributed by atoms with Gasteiger partial charge in [-0.1, -0.05) is 36.4 Å². The SMILES string of the molecule is CC(NC(=O)OC(C)(C)C)C(=O)NCCCCc1ncc(-c2ccc(-c3ccc(NC(=O)C4COCCN4C(=O)[C@@H](C)NC(=O)OC(C)(C)C)cc3)cc2)[nH]1. The minimum absolute atomic E-state index is 0.0377. The van der Waals surface area contributed by atoms with E-state index >= 15 is 0 Å². The summed E-state index contributed by atoms with van der Waals surface area (Å²) in [5, 5.41) is 10.8. The number of alkyl carbamates (subject to hydrolysis) is 2. The van der Waals surface area contributed by atoms with Crippen molar-refractivity contribution in [2.45, 2.75) is 104 Å². The Hall–Kier alpha value is -5.44. The van der Waals surface area contributed by atoms with Gasteiger partial charge in [0.05, 0.1) is 25.1 Å². The maximum absolute atomic E-state index is 13.3. The molecule has 0 aliphatic carbocycles. The summed E-state index contributed by atoms with van der Waals surface area (Å²) in [5.41, 5.74) is 3.04. The number of morpholine rings is 1. The number of amides is 5. The number of carbonyl (C=O) groups is 5. The summed E-state index contributed by atoms with van der Waals surface area (Å²) in [4.78, 5) is 72.3. The number of nitrogens with one attached hydrogen (secondary N) is 5. The van der Waals surface area contributed by atoms with Crippen molar-refractivity contribution in [1.29, 1.82) is 0 Å². The highest BCUT2D eigenvalue weighted by atomic mass is 16.6. The molecule has 15 nitrogen and oxygen atoms in total. The quantitative estimate of drug-likeness (QED) is 0.146. The van der Waals surface area contributed by atoms with Gasteiger partial charge < -0.3 is 45.4 Å². The van der Waals surface area contributed by atoms with Gasteiger partial charge in [-0.2, -0.15) is 0 Å². The largest absolute Gasteiger partial charge is 0.444 e. The van der Waals surface area contributed by atoms with Crippen LogP contribution in [-0.4, -0.2) is 100 Å². The minimum atomic E-state index is -0.894. The van der Waals surface area contributed by atoms with E-state index in [9.17, 15) is 24.0 Å². The van der Waals surface area contributed by atoms with Gasteiger partial charge in [0.2, 0.25) is 17.7 Å². The van der Waals surface area contributed by atoms with Gasteiger partial charge in [0, 0.05) is 25.2 Å². The van der Waals surface area contributed by atoms with Crippen molar-refractivity contribution in [2.75, 3.05) is 31.6 Å².